The maximum Gasteiger partial charge on any atom is 0.417 e. The molecular weight excluding hydrogens is 529 g/mol. The molecule has 35 heavy (non-hydrogen) atoms. The van der Waals surface area contributed by atoms with Crippen LogP contribution in [0, 0.1) is 11.3 Å². The third-order valence-corrected chi connectivity index (χ3v) is 7.28. The van der Waals surface area contributed by atoms with Gasteiger partial charge in [-0.05, 0) is 56.2 Å². The van der Waals surface area contributed by atoms with Crippen molar-refractivity contribution in [3.8, 4) is 29.3 Å². The SMILES string of the molecule is C[C@]12CC[C@](CCOc3cccc(Br)c3)(O1)c1c2c(O)n(-c2ccc(C#N)c(C(F)(F)F)c2)c1O. The summed E-state index contributed by atoms with van der Waals surface area (Å²) in [7, 11) is 0. The van der Waals surface area contributed by atoms with Crippen LogP contribution in [0.5, 0.6) is 17.5 Å². The van der Waals surface area contributed by atoms with Gasteiger partial charge in [-0.2, -0.15) is 18.4 Å². The van der Waals surface area contributed by atoms with Crippen molar-refractivity contribution in [2.24, 2.45) is 0 Å². The highest BCUT2D eigenvalue weighted by Gasteiger charge is 2.61. The number of hydrogen-bond acceptors (Lipinski definition) is 5. The highest BCUT2D eigenvalue weighted by Crippen LogP contribution is 2.65. The predicted octanol–water partition coefficient (Wildman–Crippen LogP) is 6.25. The Balaban J connectivity index is 1.54. The summed E-state index contributed by atoms with van der Waals surface area (Å²) < 4.78 is 54.6. The summed E-state index contributed by atoms with van der Waals surface area (Å²) in [5.41, 5.74) is -2.94. The van der Waals surface area contributed by atoms with E-state index in [1.807, 2.05) is 24.3 Å². The van der Waals surface area contributed by atoms with Crippen LogP contribution in [0.4, 0.5) is 13.2 Å². The minimum Gasteiger partial charge on any atom is -0.494 e. The van der Waals surface area contributed by atoms with E-state index < -0.39 is 28.5 Å². The van der Waals surface area contributed by atoms with Crippen LogP contribution in [0.15, 0.2) is 46.9 Å². The Kier molecular flexibility index (Phi) is 5.34. The molecule has 3 aromatic rings. The summed E-state index contributed by atoms with van der Waals surface area (Å²) >= 11 is 3.39. The highest BCUT2D eigenvalue weighted by atomic mass is 79.9. The molecule has 0 radical (unpaired) electrons. The monoisotopic (exact) mass is 548 g/mol. The van der Waals surface area contributed by atoms with E-state index in [1.54, 1.807) is 6.92 Å². The normalized spacial score (nSPS) is 22.7. The van der Waals surface area contributed by atoms with Crippen molar-refractivity contribution in [2.75, 3.05) is 6.61 Å². The lowest BCUT2D eigenvalue weighted by Gasteiger charge is -2.26. The number of hydrogen-bond donors (Lipinski definition) is 2. The molecule has 0 amide bonds. The summed E-state index contributed by atoms with van der Waals surface area (Å²) in [6, 6.07) is 11.9. The lowest BCUT2D eigenvalue weighted by Crippen LogP contribution is -2.25. The molecule has 2 N–H and O–H groups in total. The van der Waals surface area contributed by atoms with Gasteiger partial charge in [-0.1, -0.05) is 22.0 Å². The van der Waals surface area contributed by atoms with E-state index in [0.717, 1.165) is 21.2 Å². The zero-order valence-corrected chi connectivity index (χ0v) is 20.1. The standard InChI is InChI=1S/C25H20BrF3N2O4/c1-23-7-8-24(35-23,9-10-34-17-4-2-3-15(26)11-17)20-19(23)21(32)31(22(20)33)16-6-5-14(13-30)18(12-16)25(27,28)29/h2-6,11-12,32-33H,7-10H2,1H3/t23-,24-/m1/s1. The number of alkyl halides is 3. The van der Waals surface area contributed by atoms with Crippen molar-refractivity contribution >= 4 is 15.9 Å². The molecule has 182 valence electrons. The van der Waals surface area contributed by atoms with Crippen LogP contribution in [0.1, 0.15) is 48.4 Å². The van der Waals surface area contributed by atoms with E-state index in [4.69, 9.17) is 14.7 Å². The second-order valence-corrected chi connectivity index (χ2v) is 9.87. The number of nitriles is 1. The molecule has 0 spiro atoms. The van der Waals surface area contributed by atoms with Gasteiger partial charge < -0.3 is 19.7 Å². The minimum absolute atomic E-state index is 0.107. The van der Waals surface area contributed by atoms with E-state index >= 15 is 0 Å². The molecule has 0 saturated carbocycles. The predicted molar refractivity (Wildman–Crippen MR) is 122 cm³/mol. The van der Waals surface area contributed by atoms with Crippen LogP contribution in [0.25, 0.3) is 5.69 Å². The Hall–Kier alpha value is -3.16. The van der Waals surface area contributed by atoms with Crippen LogP contribution in [-0.2, 0) is 22.1 Å². The third-order valence-electron chi connectivity index (χ3n) is 6.79. The molecule has 10 heteroatoms. The quantitative estimate of drug-likeness (QED) is 0.393. The Morgan fingerprint density at radius 2 is 1.89 bits per heavy atom. The van der Waals surface area contributed by atoms with Crippen molar-refractivity contribution < 1.29 is 32.9 Å². The second-order valence-electron chi connectivity index (χ2n) is 8.96. The van der Waals surface area contributed by atoms with Gasteiger partial charge in [0.2, 0.25) is 11.8 Å². The van der Waals surface area contributed by atoms with Gasteiger partial charge in [0.15, 0.2) is 0 Å². The lowest BCUT2D eigenvalue weighted by atomic mass is 9.78. The molecule has 6 nitrogen and oxygen atoms in total. The van der Waals surface area contributed by atoms with Crippen molar-refractivity contribution in [1.82, 2.24) is 4.57 Å². The zero-order chi connectivity index (χ0) is 25.2. The topological polar surface area (TPSA) is 87.6 Å². The van der Waals surface area contributed by atoms with E-state index in [1.165, 1.54) is 12.1 Å². The van der Waals surface area contributed by atoms with Gasteiger partial charge in [0, 0.05) is 10.9 Å². The van der Waals surface area contributed by atoms with Gasteiger partial charge in [-0.15, -0.1) is 0 Å². The molecule has 1 saturated heterocycles. The average molecular weight is 549 g/mol. The van der Waals surface area contributed by atoms with E-state index in [2.05, 4.69) is 15.9 Å². The number of nitrogens with zero attached hydrogens (tertiary/aromatic N) is 2. The van der Waals surface area contributed by atoms with Gasteiger partial charge in [0.05, 0.1) is 46.2 Å². The molecule has 3 heterocycles. The number of fused-ring (bicyclic) bond motifs is 5. The largest absolute Gasteiger partial charge is 0.494 e. The smallest absolute Gasteiger partial charge is 0.417 e. The Labute approximate surface area is 207 Å². The molecule has 2 bridgehead atoms. The number of ether oxygens (including phenoxy) is 2. The number of rotatable bonds is 5. The third kappa shape index (κ3) is 3.65. The van der Waals surface area contributed by atoms with E-state index in [-0.39, 0.29) is 24.1 Å². The molecule has 2 aliphatic heterocycles. The van der Waals surface area contributed by atoms with Crippen molar-refractivity contribution in [1.29, 1.82) is 5.26 Å². The molecule has 2 aromatic carbocycles. The number of aromatic nitrogens is 1. The van der Waals surface area contributed by atoms with Crippen molar-refractivity contribution in [3.05, 3.63) is 69.2 Å². The lowest BCUT2D eigenvalue weighted by molar-refractivity contribution is -0.137. The highest BCUT2D eigenvalue weighted by molar-refractivity contribution is 9.10. The maximum absolute atomic E-state index is 13.5. The molecule has 1 aromatic heterocycles. The first-order chi connectivity index (χ1) is 16.5. The molecule has 0 aliphatic carbocycles. The van der Waals surface area contributed by atoms with Crippen LogP contribution >= 0.6 is 15.9 Å². The summed E-state index contributed by atoms with van der Waals surface area (Å²) in [6.07, 6.45) is -3.30. The van der Waals surface area contributed by atoms with Gasteiger partial charge in [-0.3, -0.25) is 4.57 Å². The summed E-state index contributed by atoms with van der Waals surface area (Å²) in [6.45, 7) is 2.05. The fraction of sp³-hybridized carbons (Fsp3) is 0.320. The molecular formula is C25H20BrF3N2O4. The maximum atomic E-state index is 13.5. The van der Waals surface area contributed by atoms with Crippen molar-refractivity contribution in [2.45, 2.75) is 43.6 Å². The molecule has 0 unspecified atom stereocenters. The number of benzene rings is 2. The summed E-state index contributed by atoms with van der Waals surface area (Å²) in [5, 5.41) is 31.4. The molecule has 2 aliphatic rings. The molecule has 2 atom stereocenters. The van der Waals surface area contributed by atoms with Crippen LogP contribution in [0.3, 0.4) is 0 Å². The van der Waals surface area contributed by atoms with Crippen LogP contribution in [0.2, 0.25) is 0 Å². The number of aromatic hydroxyl groups is 2. The summed E-state index contributed by atoms with van der Waals surface area (Å²) in [4.78, 5) is 0. The van der Waals surface area contributed by atoms with Crippen molar-refractivity contribution in [3.63, 3.8) is 0 Å². The van der Waals surface area contributed by atoms with E-state index in [9.17, 15) is 23.4 Å². The second kappa shape index (κ2) is 7.93. The van der Waals surface area contributed by atoms with Gasteiger partial charge >= 0.3 is 6.18 Å². The van der Waals surface area contributed by atoms with Gasteiger partial charge in [-0.25, -0.2) is 0 Å². The first kappa shape index (κ1) is 23.6. The fourth-order valence-electron chi connectivity index (χ4n) is 5.25. The van der Waals surface area contributed by atoms with Crippen LogP contribution < -0.4 is 4.74 Å². The Bertz CT molecular complexity index is 1380. The fourth-order valence-corrected chi connectivity index (χ4v) is 5.62. The first-order valence-electron chi connectivity index (χ1n) is 10.9. The summed E-state index contributed by atoms with van der Waals surface area (Å²) in [5.74, 6) is -0.120. The Morgan fingerprint density at radius 3 is 2.57 bits per heavy atom. The average Bonchev–Trinajstić information content (AvgIpc) is 3.37. The molecule has 5 rings (SSSR count). The molecule has 1 fully saturated rings. The van der Waals surface area contributed by atoms with Gasteiger partial charge in [0.25, 0.3) is 0 Å². The van der Waals surface area contributed by atoms with Gasteiger partial charge in [0.1, 0.15) is 11.4 Å². The van der Waals surface area contributed by atoms with Crippen LogP contribution in [-0.4, -0.2) is 21.4 Å². The number of halogens is 4. The first-order valence-corrected chi connectivity index (χ1v) is 11.7. The Morgan fingerprint density at radius 1 is 1.14 bits per heavy atom. The zero-order valence-electron chi connectivity index (χ0n) is 18.5. The van der Waals surface area contributed by atoms with E-state index in [0.29, 0.717) is 36.1 Å². The minimum atomic E-state index is -4.78.